The summed E-state index contributed by atoms with van der Waals surface area (Å²) >= 11 is 0. The molecule has 0 saturated carbocycles. The van der Waals surface area contributed by atoms with Gasteiger partial charge in [0.2, 0.25) is 0 Å². The van der Waals surface area contributed by atoms with Gasteiger partial charge in [0.05, 0.1) is 31.0 Å². The van der Waals surface area contributed by atoms with Gasteiger partial charge in [-0.25, -0.2) is 0 Å². The number of hydrogen-bond donors (Lipinski definition) is 2. The molecule has 0 radical (unpaired) electrons. The zero-order valence-corrected chi connectivity index (χ0v) is 17.7. The molecule has 0 aliphatic rings. The largest absolute Gasteiger partial charge is 0.495 e. The molecule has 0 heterocycles. The van der Waals surface area contributed by atoms with Crippen molar-refractivity contribution in [3.63, 3.8) is 0 Å². The number of rotatable bonds is 6. The van der Waals surface area contributed by atoms with E-state index in [0.717, 1.165) is 22.3 Å². The van der Waals surface area contributed by atoms with E-state index in [-0.39, 0.29) is 0 Å². The third-order valence-corrected chi connectivity index (χ3v) is 5.75. The van der Waals surface area contributed by atoms with Crippen LogP contribution in [-0.2, 0) is 5.41 Å². The van der Waals surface area contributed by atoms with E-state index in [1.54, 1.807) is 14.2 Å². The Morgan fingerprint density at radius 2 is 0.903 bits per heavy atom. The molecule has 156 valence electrons. The number of methoxy groups -OCH3 is 2. The fraction of sp³-hybridized carbons (Fsp3) is 0.111. The summed E-state index contributed by atoms with van der Waals surface area (Å²) in [5.74, 6) is 1.27. The predicted octanol–water partition coefficient (Wildman–Crippen LogP) is 5.25. The topological polar surface area (TPSA) is 70.5 Å². The molecule has 4 heteroatoms. The van der Waals surface area contributed by atoms with Gasteiger partial charge in [-0.15, -0.1) is 0 Å². The van der Waals surface area contributed by atoms with E-state index in [1.165, 1.54) is 0 Å². The Morgan fingerprint density at radius 3 is 1.26 bits per heavy atom. The minimum atomic E-state index is -0.634. The van der Waals surface area contributed by atoms with Crippen LogP contribution in [0, 0.1) is 0 Å². The van der Waals surface area contributed by atoms with Gasteiger partial charge in [-0.3, -0.25) is 0 Å². The molecule has 0 atom stereocenters. The van der Waals surface area contributed by atoms with Gasteiger partial charge in [0, 0.05) is 0 Å². The van der Waals surface area contributed by atoms with E-state index < -0.39 is 5.41 Å². The van der Waals surface area contributed by atoms with Crippen LogP contribution in [0.4, 0.5) is 11.4 Å². The van der Waals surface area contributed by atoms with Crippen LogP contribution in [0.15, 0.2) is 97.1 Å². The Labute approximate surface area is 183 Å². The molecule has 4 nitrogen and oxygen atoms in total. The Balaban J connectivity index is 2.15. The van der Waals surface area contributed by atoms with Crippen molar-refractivity contribution < 1.29 is 9.47 Å². The van der Waals surface area contributed by atoms with Gasteiger partial charge in [0.25, 0.3) is 0 Å². The number of ether oxygens (including phenoxy) is 2. The molecule has 4 rings (SSSR count). The average molecular weight is 411 g/mol. The molecule has 0 fully saturated rings. The SMILES string of the molecule is COc1cc(C(c2ccccc2)(c2ccccc2)c2ccc(N)c(OC)c2)ccc1N. The van der Waals surface area contributed by atoms with Gasteiger partial charge >= 0.3 is 0 Å². The maximum Gasteiger partial charge on any atom is 0.142 e. The Bertz CT molecular complexity index is 1080. The minimum Gasteiger partial charge on any atom is -0.495 e. The highest BCUT2D eigenvalue weighted by molar-refractivity contribution is 5.66. The summed E-state index contributed by atoms with van der Waals surface area (Å²) < 4.78 is 11.2. The van der Waals surface area contributed by atoms with E-state index in [4.69, 9.17) is 20.9 Å². The maximum absolute atomic E-state index is 6.16. The Hall–Kier alpha value is -3.92. The molecule has 31 heavy (non-hydrogen) atoms. The Morgan fingerprint density at radius 1 is 0.516 bits per heavy atom. The molecule has 4 aromatic rings. The zero-order valence-electron chi connectivity index (χ0n) is 17.7. The first-order chi connectivity index (χ1) is 15.1. The lowest BCUT2D eigenvalue weighted by Gasteiger charge is -2.37. The lowest BCUT2D eigenvalue weighted by atomic mass is 9.65. The normalized spacial score (nSPS) is 11.2. The monoisotopic (exact) mass is 410 g/mol. The van der Waals surface area contributed by atoms with Gasteiger partial charge in [0.1, 0.15) is 11.5 Å². The maximum atomic E-state index is 6.16. The standard InChI is InChI=1S/C27H26N2O2/c1-30-25-17-21(13-15-23(25)28)27(19-9-5-3-6-10-19,20-11-7-4-8-12-20)22-14-16-24(29)26(18-22)31-2/h3-18H,28-29H2,1-2H3. The molecule has 0 amide bonds. The van der Waals surface area contributed by atoms with Crippen LogP contribution in [-0.4, -0.2) is 14.2 Å². The highest BCUT2D eigenvalue weighted by Gasteiger charge is 2.39. The lowest BCUT2D eigenvalue weighted by Crippen LogP contribution is -2.31. The molecular weight excluding hydrogens is 384 g/mol. The van der Waals surface area contributed by atoms with E-state index in [2.05, 4.69) is 60.7 Å². The van der Waals surface area contributed by atoms with Gasteiger partial charge in [-0.1, -0.05) is 72.8 Å². The van der Waals surface area contributed by atoms with E-state index in [9.17, 15) is 0 Å². The van der Waals surface area contributed by atoms with Crippen LogP contribution in [0.5, 0.6) is 11.5 Å². The second-order valence-corrected chi connectivity index (χ2v) is 7.40. The van der Waals surface area contributed by atoms with Crippen LogP contribution in [0.1, 0.15) is 22.3 Å². The predicted molar refractivity (Wildman–Crippen MR) is 127 cm³/mol. The molecule has 0 spiro atoms. The van der Waals surface area contributed by atoms with Crippen LogP contribution < -0.4 is 20.9 Å². The molecule has 4 aromatic carbocycles. The summed E-state index contributed by atoms with van der Waals surface area (Å²) in [6.07, 6.45) is 0. The quantitative estimate of drug-likeness (QED) is 0.336. The van der Waals surface area contributed by atoms with Gasteiger partial charge in [0.15, 0.2) is 0 Å². The zero-order chi connectivity index (χ0) is 21.8. The van der Waals surface area contributed by atoms with Crippen LogP contribution in [0.3, 0.4) is 0 Å². The van der Waals surface area contributed by atoms with Crippen molar-refractivity contribution in [2.24, 2.45) is 0 Å². The van der Waals surface area contributed by atoms with Crippen LogP contribution >= 0.6 is 0 Å². The van der Waals surface area contributed by atoms with E-state index >= 15 is 0 Å². The van der Waals surface area contributed by atoms with Gasteiger partial charge in [-0.05, 0) is 46.5 Å². The van der Waals surface area contributed by atoms with E-state index in [1.807, 2.05) is 36.4 Å². The first kappa shape index (κ1) is 20.4. The van der Waals surface area contributed by atoms with Crippen LogP contribution in [0.2, 0.25) is 0 Å². The van der Waals surface area contributed by atoms with Gasteiger partial charge < -0.3 is 20.9 Å². The minimum absolute atomic E-state index is 0.594. The summed E-state index contributed by atoms with van der Waals surface area (Å²) in [5.41, 5.74) is 17.2. The number of nitrogen functional groups attached to an aromatic ring is 2. The van der Waals surface area contributed by atoms with Crippen molar-refractivity contribution in [2.75, 3.05) is 25.7 Å². The fourth-order valence-electron chi connectivity index (χ4n) is 4.27. The second-order valence-electron chi connectivity index (χ2n) is 7.40. The molecule has 0 unspecified atom stereocenters. The number of benzene rings is 4. The van der Waals surface area contributed by atoms with Gasteiger partial charge in [-0.2, -0.15) is 0 Å². The number of anilines is 2. The van der Waals surface area contributed by atoms with Crippen molar-refractivity contribution in [3.8, 4) is 11.5 Å². The third-order valence-electron chi connectivity index (χ3n) is 5.75. The molecule has 0 saturated heterocycles. The van der Waals surface area contributed by atoms with E-state index in [0.29, 0.717) is 22.9 Å². The number of nitrogens with two attached hydrogens (primary N) is 2. The average Bonchev–Trinajstić information content (AvgIpc) is 2.82. The van der Waals surface area contributed by atoms with Crippen molar-refractivity contribution in [2.45, 2.75) is 5.41 Å². The Kier molecular flexibility index (Phi) is 5.54. The molecule has 0 aromatic heterocycles. The van der Waals surface area contributed by atoms with Crippen LogP contribution in [0.25, 0.3) is 0 Å². The summed E-state index contributed by atoms with van der Waals surface area (Å²) in [5, 5.41) is 0. The summed E-state index contributed by atoms with van der Waals surface area (Å²) in [7, 11) is 3.27. The second kappa shape index (κ2) is 8.44. The number of hydrogen-bond acceptors (Lipinski definition) is 4. The lowest BCUT2D eigenvalue weighted by molar-refractivity contribution is 0.415. The molecular formula is C27H26N2O2. The van der Waals surface area contributed by atoms with Crippen molar-refractivity contribution in [1.82, 2.24) is 0 Å². The first-order valence-electron chi connectivity index (χ1n) is 10.1. The highest BCUT2D eigenvalue weighted by Crippen LogP contribution is 2.47. The molecule has 0 aliphatic heterocycles. The first-order valence-corrected chi connectivity index (χ1v) is 10.1. The summed E-state index contributed by atoms with van der Waals surface area (Å²) in [6.45, 7) is 0. The molecule has 4 N–H and O–H groups in total. The molecule has 0 aliphatic carbocycles. The summed E-state index contributed by atoms with van der Waals surface area (Å²) in [6, 6.07) is 32.7. The van der Waals surface area contributed by atoms with Crippen molar-refractivity contribution >= 4 is 11.4 Å². The summed E-state index contributed by atoms with van der Waals surface area (Å²) in [4.78, 5) is 0. The molecule has 0 bridgehead atoms. The highest BCUT2D eigenvalue weighted by atomic mass is 16.5. The fourth-order valence-corrected chi connectivity index (χ4v) is 4.27. The smallest absolute Gasteiger partial charge is 0.142 e. The third kappa shape index (κ3) is 3.46. The van der Waals surface area contributed by atoms with Crippen molar-refractivity contribution in [1.29, 1.82) is 0 Å². The van der Waals surface area contributed by atoms with Crippen molar-refractivity contribution in [3.05, 3.63) is 119 Å².